The van der Waals surface area contributed by atoms with Gasteiger partial charge in [-0.15, -0.1) is 0 Å². The number of hydrogen-bond acceptors (Lipinski definition) is 2. The van der Waals surface area contributed by atoms with Crippen molar-refractivity contribution in [1.29, 1.82) is 5.26 Å². The van der Waals surface area contributed by atoms with Crippen molar-refractivity contribution >= 4 is 0 Å². The summed E-state index contributed by atoms with van der Waals surface area (Å²) in [4.78, 5) is 2.50. The molecule has 2 heteroatoms. The van der Waals surface area contributed by atoms with E-state index in [1.54, 1.807) is 0 Å². The number of rotatable bonds is 12. The highest BCUT2D eigenvalue weighted by atomic mass is 15.1. The lowest BCUT2D eigenvalue weighted by Crippen LogP contribution is -2.26. The van der Waals surface area contributed by atoms with Crippen LogP contribution in [-0.4, -0.2) is 24.5 Å². The number of allylic oxidation sites excluding steroid dienone is 3. The van der Waals surface area contributed by atoms with E-state index in [0.29, 0.717) is 6.42 Å². The lowest BCUT2D eigenvalue weighted by atomic mass is 10.1. The van der Waals surface area contributed by atoms with Gasteiger partial charge < -0.3 is 0 Å². The minimum atomic E-state index is 0.671. The molecule has 0 N–H and O–H groups in total. The molecular formula is C20H36N2. The van der Waals surface area contributed by atoms with Crippen molar-refractivity contribution in [2.45, 2.75) is 73.1 Å². The van der Waals surface area contributed by atoms with Gasteiger partial charge in [-0.05, 0) is 71.9 Å². The molecule has 0 saturated heterocycles. The van der Waals surface area contributed by atoms with Crippen LogP contribution in [0.15, 0.2) is 23.3 Å². The Morgan fingerprint density at radius 1 is 1.09 bits per heavy atom. The van der Waals surface area contributed by atoms with Gasteiger partial charge >= 0.3 is 0 Å². The average Bonchev–Trinajstić information content (AvgIpc) is 2.43. The SMILES string of the molecule is CC(C)=CCC/C(C)=C/CN(CCCC#N)CCCC(C)C. The molecule has 0 unspecified atom stereocenters. The number of unbranched alkanes of at least 4 members (excludes halogenated alkanes) is 1. The standard InChI is InChI=1S/C20H36N2/c1-18(2)10-8-12-20(5)13-17-22(15-7-6-14-21)16-9-11-19(3)4/h10,13,19H,6-9,11-12,15-17H2,1-5H3/b20-13+. The third-order valence-corrected chi connectivity index (χ3v) is 3.81. The molecule has 0 bridgehead atoms. The average molecular weight is 305 g/mol. The van der Waals surface area contributed by atoms with E-state index in [1.165, 1.54) is 24.0 Å². The Hall–Kier alpha value is -1.07. The zero-order valence-corrected chi connectivity index (χ0v) is 15.5. The second-order valence-corrected chi connectivity index (χ2v) is 6.97. The molecule has 2 nitrogen and oxygen atoms in total. The maximum Gasteiger partial charge on any atom is 0.0622 e. The summed E-state index contributed by atoms with van der Waals surface area (Å²) in [5, 5.41) is 8.70. The molecule has 0 heterocycles. The highest BCUT2D eigenvalue weighted by Gasteiger charge is 2.04. The van der Waals surface area contributed by atoms with Crippen molar-refractivity contribution in [3.63, 3.8) is 0 Å². The van der Waals surface area contributed by atoms with Crippen LogP contribution < -0.4 is 0 Å². The second-order valence-electron chi connectivity index (χ2n) is 6.97. The maximum atomic E-state index is 8.70. The smallest absolute Gasteiger partial charge is 0.0622 e. The van der Waals surface area contributed by atoms with Gasteiger partial charge in [0.2, 0.25) is 0 Å². The molecule has 0 amide bonds. The largest absolute Gasteiger partial charge is 0.300 e. The van der Waals surface area contributed by atoms with Crippen molar-refractivity contribution < 1.29 is 0 Å². The highest BCUT2D eigenvalue weighted by Crippen LogP contribution is 2.09. The lowest BCUT2D eigenvalue weighted by Gasteiger charge is -2.21. The summed E-state index contributed by atoms with van der Waals surface area (Å²) >= 11 is 0. The van der Waals surface area contributed by atoms with Crippen LogP contribution >= 0.6 is 0 Å². The molecule has 0 fully saturated rings. The van der Waals surface area contributed by atoms with Crippen LogP contribution in [0.2, 0.25) is 0 Å². The molecule has 0 aromatic heterocycles. The first-order valence-electron chi connectivity index (χ1n) is 8.84. The normalized spacial score (nSPS) is 11.8. The van der Waals surface area contributed by atoms with Gasteiger partial charge in [0.05, 0.1) is 6.07 Å². The molecule has 0 aromatic carbocycles. The molecule has 0 radical (unpaired) electrons. The fraction of sp³-hybridized carbons (Fsp3) is 0.750. The lowest BCUT2D eigenvalue weighted by molar-refractivity contribution is 0.286. The molecule has 126 valence electrons. The Morgan fingerprint density at radius 3 is 2.36 bits per heavy atom. The van der Waals surface area contributed by atoms with Crippen molar-refractivity contribution in [1.82, 2.24) is 4.90 Å². The van der Waals surface area contributed by atoms with Crippen LogP contribution in [0, 0.1) is 17.2 Å². The Kier molecular flexibility index (Phi) is 12.9. The van der Waals surface area contributed by atoms with Crippen LogP contribution in [0.25, 0.3) is 0 Å². The predicted molar refractivity (Wildman–Crippen MR) is 97.8 cm³/mol. The van der Waals surface area contributed by atoms with E-state index in [1.807, 2.05) is 0 Å². The third kappa shape index (κ3) is 13.9. The fourth-order valence-electron chi connectivity index (χ4n) is 2.37. The first-order valence-corrected chi connectivity index (χ1v) is 8.84. The van der Waals surface area contributed by atoms with Gasteiger partial charge in [-0.1, -0.05) is 37.1 Å². The minimum absolute atomic E-state index is 0.671. The quantitative estimate of drug-likeness (QED) is 0.340. The Bertz CT molecular complexity index is 368. The summed E-state index contributed by atoms with van der Waals surface area (Å²) in [6.45, 7) is 14.4. The first kappa shape index (κ1) is 20.9. The second kappa shape index (κ2) is 13.6. The van der Waals surface area contributed by atoms with Crippen LogP contribution in [-0.2, 0) is 0 Å². The summed E-state index contributed by atoms with van der Waals surface area (Å²) in [5.74, 6) is 0.780. The van der Waals surface area contributed by atoms with Crippen LogP contribution in [0.5, 0.6) is 0 Å². The summed E-state index contributed by atoms with van der Waals surface area (Å²) in [6, 6.07) is 2.25. The summed E-state index contributed by atoms with van der Waals surface area (Å²) < 4.78 is 0. The van der Waals surface area contributed by atoms with Crippen molar-refractivity contribution in [2.75, 3.05) is 19.6 Å². The van der Waals surface area contributed by atoms with E-state index in [4.69, 9.17) is 5.26 Å². The van der Waals surface area contributed by atoms with Crippen LogP contribution in [0.3, 0.4) is 0 Å². The Balaban J connectivity index is 4.23. The zero-order valence-electron chi connectivity index (χ0n) is 15.5. The van der Waals surface area contributed by atoms with E-state index >= 15 is 0 Å². The molecule has 0 rings (SSSR count). The van der Waals surface area contributed by atoms with Gasteiger partial charge in [0.25, 0.3) is 0 Å². The predicted octanol–water partition coefficient (Wildman–Crippen LogP) is 5.72. The topological polar surface area (TPSA) is 27.0 Å². The molecule has 0 saturated carbocycles. The summed E-state index contributed by atoms with van der Waals surface area (Å²) in [7, 11) is 0. The van der Waals surface area contributed by atoms with Gasteiger partial charge in [-0.2, -0.15) is 5.26 Å². The minimum Gasteiger partial charge on any atom is -0.300 e. The van der Waals surface area contributed by atoms with Gasteiger partial charge in [0.1, 0.15) is 0 Å². The van der Waals surface area contributed by atoms with Gasteiger partial charge in [0, 0.05) is 13.0 Å². The molecule has 0 aliphatic rings. The molecule has 0 atom stereocenters. The monoisotopic (exact) mass is 304 g/mol. The fourth-order valence-corrected chi connectivity index (χ4v) is 2.37. The maximum absolute atomic E-state index is 8.70. The van der Waals surface area contributed by atoms with E-state index in [9.17, 15) is 0 Å². The van der Waals surface area contributed by atoms with Crippen molar-refractivity contribution in [3.8, 4) is 6.07 Å². The van der Waals surface area contributed by atoms with Crippen LogP contribution in [0.1, 0.15) is 73.1 Å². The third-order valence-electron chi connectivity index (χ3n) is 3.81. The molecule has 0 aliphatic carbocycles. The number of hydrogen-bond donors (Lipinski definition) is 0. The highest BCUT2D eigenvalue weighted by molar-refractivity contribution is 5.03. The number of nitrogens with zero attached hydrogens (tertiary/aromatic N) is 2. The van der Waals surface area contributed by atoms with Crippen molar-refractivity contribution in [3.05, 3.63) is 23.3 Å². The van der Waals surface area contributed by atoms with E-state index in [-0.39, 0.29) is 0 Å². The number of nitriles is 1. The first-order chi connectivity index (χ1) is 10.5. The molecule has 0 spiro atoms. The van der Waals surface area contributed by atoms with Crippen molar-refractivity contribution in [2.24, 2.45) is 5.92 Å². The van der Waals surface area contributed by atoms with E-state index in [2.05, 4.69) is 57.7 Å². The Labute approximate surface area is 138 Å². The molecule has 22 heavy (non-hydrogen) atoms. The van der Waals surface area contributed by atoms with E-state index < -0.39 is 0 Å². The van der Waals surface area contributed by atoms with E-state index in [0.717, 1.165) is 44.8 Å². The summed E-state index contributed by atoms with van der Waals surface area (Å²) in [5.41, 5.74) is 2.88. The molecule has 0 aromatic rings. The Morgan fingerprint density at radius 2 is 1.77 bits per heavy atom. The zero-order chi connectivity index (χ0) is 16.8. The van der Waals surface area contributed by atoms with Gasteiger partial charge in [0.15, 0.2) is 0 Å². The summed E-state index contributed by atoms with van der Waals surface area (Å²) in [6.07, 6.45) is 11.2. The molecular weight excluding hydrogens is 268 g/mol. The van der Waals surface area contributed by atoms with Gasteiger partial charge in [-0.25, -0.2) is 0 Å². The molecule has 0 aliphatic heterocycles. The van der Waals surface area contributed by atoms with Gasteiger partial charge in [-0.3, -0.25) is 4.90 Å². The van der Waals surface area contributed by atoms with Crippen LogP contribution in [0.4, 0.5) is 0 Å².